The van der Waals surface area contributed by atoms with Gasteiger partial charge in [-0.2, -0.15) is 13.2 Å². The van der Waals surface area contributed by atoms with Gasteiger partial charge < -0.3 is 4.42 Å². The summed E-state index contributed by atoms with van der Waals surface area (Å²) < 4.78 is 44.0. The SMILES string of the molecule is CCSc1cc(Br)cnc1-c1nc2cc(SC(F)(F)F)ccc2o1. The van der Waals surface area contributed by atoms with Gasteiger partial charge in [0.25, 0.3) is 0 Å². The van der Waals surface area contributed by atoms with E-state index in [-0.39, 0.29) is 16.7 Å². The summed E-state index contributed by atoms with van der Waals surface area (Å²) in [6.45, 7) is 2.02. The van der Waals surface area contributed by atoms with Gasteiger partial charge in [-0.15, -0.1) is 11.8 Å². The van der Waals surface area contributed by atoms with Crippen molar-refractivity contribution in [3.05, 3.63) is 34.9 Å². The minimum Gasteiger partial charge on any atom is -0.435 e. The molecule has 24 heavy (non-hydrogen) atoms. The first-order chi connectivity index (χ1) is 11.4. The van der Waals surface area contributed by atoms with E-state index < -0.39 is 5.51 Å². The van der Waals surface area contributed by atoms with Crippen molar-refractivity contribution in [1.29, 1.82) is 0 Å². The molecule has 0 aliphatic carbocycles. The number of thioether (sulfide) groups is 2. The average Bonchev–Trinajstić information content (AvgIpc) is 2.89. The summed E-state index contributed by atoms with van der Waals surface area (Å²) in [4.78, 5) is 9.61. The minimum atomic E-state index is -4.33. The van der Waals surface area contributed by atoms with Crippen molar-refractivity contribution >= 4 is 50.6 Å². The highest BCUT2D eigenvalue weighted by Crippen LogP contribution is 2.39. The number of pyridine rings is 1. The molecule has 3 rings (SSSR count). The molecule has 3 aromatic rings. The van der Waals surface area contributed by atoms with Gasteiger partial charge in [0.15, 0.2) is 5.58 Å². The molecule has 0 aliphatic heterocycles. The van der Waals surface area contributed by atoms with Gasteiger partial charge in [0.05, 0.1) is 0 Å². The van der Waals surface area contributed by atoms with E-state index >= 15 is 0 Å². The summed E-state index contributed by atoms with van der Waals surface area (Å²) in [6.07, 6.45) is 1.63. The Morgan fingerprint density at radius 2 is 2.04 bits per heavy atom. The smallest absolute Gasteiger partial charge is 0.435 e. The molecule has 2 aromatic heterocycles. The van der Waals surface area contributed by atoms with E-state index in [0.717, 1.165) is 15.1 Å². The Morgan fingerprint density at radius 3 is 2.75 bits per heavy atom. The molecule has 0 spiro atoms. The van der Waals surface area contributed by atoms with E-state index in [2.05, 4.69) is 25.9 Å². The third-order valence-electron chi connectivity index (χ3n) is 2.91. The Balaban J connectivity index is 2.02. The molecule has 2 heterocycles. The molecule has 0 unspecified atom stereocenters. The second-order valence-electron chi connectivity index (χ2n) is 4.63. The molecule has 1 aromatic carbocycles. The van der Waals surface area contributed by atoms with Crippen LogP contribution in [0.25, 0.3) is 22.7 Å². The fourth-order valence-corrected chi connectivity index (χ4v) is 3.91. The number of hydrogen-bond acceptors (Lipinski definition) is 5. The van der Waals surface area contributed by atoms with E-state index in [9.17, 15) is 13.2 Å². The second kappa shape index (κ2) is 6.97. The second-order valence-corrected chi connectivity index (χ2v) is 7.99. The molecule has 0 amide bonds. The quantitative estimate of drug-likeness (QED) is 0.445. The summed E-state index contributed by atoms with van der Waals surface area (Å²) in [6, 6.07) is 6.14. The van der Waals surface area contributed by atoms with E-state index in [1.807, 2.05) is 13.0 Å². The van der Waals surface area contributed by atoms with Gasteiger partial charge in [-0.25, -0.2) is 9.97 Å². The molecule has 0 N–H and O–H groups in total. The Kier molecular flexibility index (Phi) is 5.12. The van der Waals surface area contributed by atoms with Crippen LogP contribution >= 0.6 is 39.5 Å². The minimum absolute atomic E-state index is 0.0711. The molecule has 0 radical (unpaired) electrons. The number of oxazole rings is 1. The van der Waals surface area contributed by atoms with Crippen LogP contribution in [0.3, 0.4) is 0 Å². The summed E-state index contributed by atoms with van der Waals surface area (Å²) in [5.41, 5.74) is -2.96. The number of benzene rings is 1. The average molecular weight is 435 g/mol. The maximum absolute atomic E-state index is 12.5. The van der Waals surface area contributed by atoms with Gasteiger partial charge in [0, 0.05) is 20.5 Å². The van der Waals surface area contributed by atoms with Gasteiger partial charge in [0.2, 0.25) is 5.89 Å². The van der Waals surface area contributed by atoms with Crippen LogP contribution in [0.15, 0.2) is 49.1 Å². The number of nitrogens with zero attached hydrogens (tertiary/aromatic N) is 2. The lowest BCUT2D eigenvalue weighted by atomic mass is 10.3. The Bertz CT molecular complexity index is 883. The monoisotopic (exact) mass is 434 g/mol. The lowest BCUT2D eigenvalue weighted by Gasteiger charge is -2.04. The van der Waals surface area contributed by atoms with Crippen molar-refractivity contribution < 1.29 is 17.6 Å². The van der Waals surface area contributed by atoms with Crippen molar-refractivity contribution in [3.8, 4) is 11.6 Å². The van der Waals surface area contributed by atoms with Gasteiger partial charge in [0.1, 0.15) is 11.2 Å². The molecule has 0 saturated carbocycles. The van der Waals surface area contributed by atoms with Gasteiger partial charge >= 0.3 is 5.51 Å². The van der Waals surface area contributed by atoms with Crippen LogP contribution in [-0.4, -0.2) is 21.2 Å². The van der Waals surface area contributed by atoms with Crippen molar-refractivity contribution in [2.24, 2.45) is 0 Å². The predicted octanol–water partition coefficient (Wildman–Crippen LogP) is 6.38. The number of fused-ring (bicyclic) bond motifs is 1. The summed E-state index contributed by atoms with van der Waals surface area (Å²) >= 11 is 4.79. The first kappa shape index (κ1) is 17.6. The third-order valence-corrected chi connectivity index (χ3v) is 4.98. The maximum Gasteiger partial charge on any atom is 0.446 e. The van der Waals surface area contributed by atoms with Crippen LogP contribution < -0.4 is 0 Å². The van der Waals surface area contributed by atoms with Gasteiger partial charge in [-0.3, -0.25) is 0 Å². The molecule has 0 saturated heterocycles. The molecule has 3 nitrogen and oxygen atoms in total. The van der Waals surface area contributed by atoms with Crippen LogP contribution in [-0.2, 0) is 0 Å². The number of rotatable bonds is 4. The van der Waals surface area contributed by atoms with Crippen LogP contribution in [0.4, 0.5) is 13.2 Å². The normalized spacial score (nSPS) is 12.0. The number of hydrogen-bond donors (Lipinski definition) is 0. The molecule has 0 bridgehead atoms. The van der Waals surface area contributed by atoms with Crippen LogP contribution in [0.1, 0.15) is 6.92 Å². The zero-order valence-corrected chi connectivity index (χ0v) is 15.4. The van der Waals surface area contributed by atoms with Gasteiger partial charge in [-0.1, -0.05) is 6.92 Å². The van der Waals surface area contributed by atoms with E-state index in [4.69, 9.17) is 4.42 Å². The molecule has 0 fully saturated rings. The molecule has 0 atom stereocenters. The summed E-state index contributed by atoms with van der Waals surface area (Å²) in [5, 5.41) is 0. The Labute approximate surface area is 152 Å². The zero-order valence-electron chi connectivity index (χ0n) is 12.2. The standard InChI is InChI=1S/C15H10BrF3N2OS2/c1-2-23-12-5-8(16)7-20-13(12)14-21-10-6-9(24-15(17,18)19)3-4-11(10)22-14/h3-7H,2H2,1H3. The van der Waals surface area contributed by atoms with Gasteiger partial charge in [-0.05, 0) is 57.7 Å². The number of halogens is 4. The van der Waals surface area contributed by atoms with Crippen LogP contribution in [0, 0.1) is 0 Å². The van der Waals surface area contributed by atoms with Crippen LogP contribution in [0.2, 0.25) is 0 Å². The highest BCUT2D eigenvalue weighted by molar-refractivity contribution is 9.10. The van der Waals surface area contributed by atoms with Crippen molar-refractivity contribution in [2.45, 2.75) is 22.2 Å². The van der Waals surface area contributed by atoms with Crippen LogP contribution in [0.5, 0.6) is 0 Å². The molecule has 0 aliphatic rings. The highest BCUT2D eigenvalue weighted by Gasteiger charge is 2.29. The maximum atomic E-state index is 12.5. The summed E-state index contributed by atoms with van der Waals surface area (Å²) in [5.74, 6) is 1.14. The fourth-order valence-electron chi connectivity index (χ4n) is 2.05. The molecule has 9 heteroatoms. The highest BCUT2D eigenvalue weighted by atomic mass is 79.9. The largest absolute Gasteiger partial charge is 0.446 e. The predicted molar refractivity (Wildman–Crippen MR) is 93.3 cm³/mol. The zero-order chi connectivity index (χ0) is 17.3. The molecular formula is C15H10BrF3N2OS2. The van der Waals surface area contributed by atoms with E-state index in [0.29, 0.717) is 22.7 Å². The summed E-state index contributed by atoms with van der Waals surface area (Å²) in [7, 11) is 0. The van der Waals surface area contributed by atoms with Crippen molar-refractivity contribution in [1.82, 2.24) is 9.97 Å². The third kappa shape index (κ3) is 4.07. The van der Waals surface area contributed by atoms with E-state index in [1.54, 1.807) is 18.0 Å². The first-order valence-corrected chi connectivity index (χ1v) is 9.40. The number of alkyl halides is 3. The van der Waals surface area contributed by atoms with Crippen molar-refractivity contribution in [2.75, 3.05) is 5.75 Å². The molecular weight excluding hydrogens is 425 g/mol. The Morgan fingerprint density at radius 1 is 1.25 bits per heavy atom. The molecule has 126 valence electrons. The van der Waals surface area contributed by atoms with Crippen molar-refractivity contribution in [3.63, 3.8) is 0 Å². The first-order valence-electron chi connectivity index (χ1n) is 6.81. The number of aromatic nitrogens is 2. The lowest BCUT2D eigenvalue weighted by molar-refractivity contribution is -0.0328. The van der Waals surface area contributed by atoms with E-state index in [1.165, 1.54) is 18.2 Å². The lowest BCUT2D eigenvalue weighted by Crippen LogP contribution is -1.98. The Hall–Kier alpha value is -1.19. The fraction of sp³-hybridized carbons (Fsp3) is 0.200. The topological polar surface area (TPSA) is 38.9 Å².